The van der Waals surface area contributed by atoms with Crippen LogP contribution in [0.15, 0.2) is 0 Å². The summed E-state index contributed by atoms with van der Waals surface area (Å²) in [5.41, 5.74) is -0.656. The highest BCUT2D eigenvalue weighted by Gasteiger charge is 2.51. The van der Waals surface area contributed by atoms with Crippen LogP contribution in [-0.2, 0) is 4.79 Å². The van der Waals surface area contributed by atoms with Crippen molar-refractivity contribution in [2.75, 3.05) is 0 Å². The second-order valence-electron chi connectivity index (χ2n) is 5.68. The van der Waals surface area contributed by atoms with Crippen molar-refractivity contribution in [3.05, 3.63) is 0 Å². The van der Waals surface area contributed by atoms with Crippen LogP contribution in [0.1, 0.15) is 51.9 Å². The van der Waals surface area contributed by atoms with Crippen LogP contribution < -0.4 is 0 Å². The van der Waals surface area contributed by atoms with Crippen molar-refractivity contribution in [2.45, 2.75) is 57.5 Å². The van der Waals surface area contributed by atoms with Gasteiger partial charge in [-0.15, -0.1) is 0 Å². The minimum absolute atomic E-state index is 0.299. The van der Waals surface area contributed by atoms with Crippen LogP contribution in [0.25, 0.3) is 0 Å². The van der Waals surface area contributed by atoms with Crippen LogP contribution in [0.5, 0.6) is 0 Å². The van der Waals surface area contributed by atoms with Crippen LogP contribution in [0.2, 0.25) is 0 Å². The van der Waals surface area contributed by atoms with Crippen molar-refractivity contribution in [3.8, 4) is 0 Å². The standard InChI is InChI=1S/C13H22O3/c1-2-9-4-3-5-11(6-9)13(16)7-10(8-13)12(14)15/h9-11,16H,2-8H2,1H3,(H,14,15). The van der Waals surface area contributed by atoms with E-state index in [0.29, 0.717) is 18.8 Å². The first kappa shape index (κ1) is 11.9. The molecule has 0 heterocycles. The van der Waals surface area contributed by atoms with E-state index in [-0.39, 0.29) is 5.92 Å². The van der Waals surface area contributed by atoms with E-state index in [1.807, 2.05) is 0 Å². The zero-order valence-corrected chi connectivity index (χ0v) is 9.98. The topological polar surface area (TPSA) is 57.5 Å². The lowest BCUT2D eigenvalue weighted by Gasteiger charge is -2.49. The number of carboxylic acid groups (broad SMARTS) is 1. The predicted octanol–water partition coefficient (Wildman–Crippen LogP) is 2.43. The van der Waals surface area contributed by atoms with Crippen molar-refractivity contribution in [3.63, 3.8) is 0 Å². The maximum Gasteiger partial charge on any atom is 0.306 e. The monoisotopic (exact) mass is 226 g/mol. The summed E-state index contributed by atoms with van der Waals surface area (Å²) in [6.07, 6.45) is 6.80. The molecule has 2 N–H and O–H groups in total. The number of hydrogen-bond acceptors (Lipinski definition) is 2. The molecule has 0 aromatic heterocycles. The molecule has 3 heteroatoms. The van der Waals surface area contributed by atoms with Crippen molar-refractivity contribution < 1.29 is 15.0 Å². The number of carbonyl (C=O) groups is 1. The molecular formula is C13H22O3. The van der Waals surface area contributed by atoms with E-state index < -0.39 is 11.6 Å². The van der Waals surface area contributed by atoms with E-state index in [0.717, 1.165) is 18.8 Å². The third kappa shape index (κ3) is 2.10. The molecule has 3 nitrogen and oxygen atoms in total. The third-order valence-electron chi connectivity index (χ3n) is 4.67. The molecule has 0 amide bonds. The van der Waals surface area contributed by atoms with Gasteiger partial charge in [-0.25, -0.2) is 0 Å². The Balaban J connectivity index is 1.90. The van der Waals surface area contributed by atoms with Gasteiger partial charge in [0.15, 0.2) is 0 Å². The van der Waals surface area contributed by atoms with Gasteiger partial charge in [-0.1, -0.05) is 26.2 Å². The van der Waals surface area contributed by atoms with Crippen molar-refractivity contribution in [2.24, 2.45) is 17.8 Å². The summed E-state index contributed by atoms with van der Waals surface area (Å²) < 4.78 is 0. The molecule has 0 radical (unpaired) electrons. The minimum Gasteiger partial charge on any atom is -0.481 e. The van der Waals surface area contributed by atoms with Crippen LogP contribution >= 0.6 is 0 Å². The second kappa shape index (κ2) is 4.36. The first-order chi connectivity index (χ1) is 7.55. The van der Waals surface area contributed by atoms with E-state index >= 15 is 0 Å². The Bertz CT molecular complexity index is 268. The SMILES string of the molecule is CCC1CCCC(C2(O)CC(C(=O)O)C2)C1. The molecule has 2 saturated carbocycles. The Morgan fingerprint density at radius 2 is 2.06 bits per heavy atom. The summed E-state index contributed by atoms with van der Waals surface area (Å²) in [5.74, 6) is 0.0491. The lowest BCUT2D eigenvalue weighted by Crippen LogP contribution is -2.53. The number of carboxylic acids is 1. The lowest BCUT2D eigenvalue weighted by atomic mass is 9.60. The van der Waals surface area contributed by atoms with Gasteiger partial charge in [0.05, 0.1) is 11.5 Å². The summed E-state index contributed by atoms with van der Waals surface area (Å²) in [6, 6.07) is 0. The van der Waals surface area contributed by atoms with E-state index in [9.17, 15) is 9.90 Å². The number of hydrogen-bond donors (Lipinski definition) is 2. The first-order valence-corrected chi connectivity index (χ1v) is 6.50. The fourth-order valence-corrected chi connectivity index (χ4v) is 3.45. The molecule has 2 unspecified atom stereocenters. The molecule has 16 heavy (non-hydrogen) atoms. The van der Waals surface area contributed by atoms with Gasteiger partial charge < -0.3 is 10.2 Å². The van der Waals surface area contributed by atoms with E-state index in [2.05, 4.69) is 6.92 Å². The predicted molar refractivity (Wildman–Crippen MR) is 61.0 cm³/mol. The summed E-state index contributed by atoms with van der Waals surface area (Å²) >= 11 is 0. The van der Waals surface area contributed by atoms with Gasteiger partial charge >= 0.3 is 5.97 Å². The van der Waals surface area contributed by atoms with E-state index in [1.165, 1.54) is 19.3 Å². The van der Waals surface area contributed by atoms with Crippen LogP contribution in [0, 0.1) is 17.8 Å². The van der Waals surface area contributed by atoms with Gasteiger partial charge in [-0.3, -0.25) is 4.79 Å². The number of aliphatic carboxylic acids is 1. The summed E-state index contributed by atoms with van der Waals surface area (Å²) in [7, 11) is 0. The van der Waals surface area contributed by atoms with E-state index in [4.69, 9.17) is 5.11 Å². The molecule has 0 aliphatic heterocycles. The lowest BCUT2D eigenvalue weighted by molar-refractivity contribution is -0.170. The molecule has 2 rings (SSSR count). The molecule has 2 aliphatic carbocycles. The number of rotatable bonds is 3. The Labute approximate surface area is 96.9 Å². The third-order valence-corrected chi connectivity index (χ3v) is 4.67. The number of aliphatic hydroxyl groups is 1. The molecular weight excluding hydrogens is 204 g/mol. The smallest absolute Gasteiger partial charge is 0.306 e. The highest BCUT2D eigenvalue weighted by atomic mass is 16.4. The van der Waals surface area contributed by atoms with Gasteiger partial charge in [-0.2, -0.15) is 0 Å². The van der Waals surface area contributed by atoms with Gasteiger partial charge in [0.1, 0.15) is 0 Å². The first-order valence-electron chi connectivity index (χ1n) is 6.50. The fourth-order valence-electron chi connectivity index (χ4n) is 3.45. The quantitative estimate of drug-likeness (QED) is 0.777. The summed E-state index contributed by atoms with van der Waals surface area (Å²) in [6.45, 7) is 2.21. The van der Waals surface area contributed by atoms with Gasteiger partial charge in [0.2, 0.25) is 0 Å². The summed E-state index contributed by atoms with van der Waals surface area (Å²) in [4.78, 5) is 10.8. The summed E-state index contributed by atoms with van der Waals surface area (Å²) in [5, 5.41) is 19.3. The highest BCUT2D eigenvalue weighted by Crippen LogP contribution is 2.49. The largest absolute Gasteiger partial charge is 0.481 e. The Morgan fingerprint density at radius 3 is 2.62 bits per heavy atom. The Hall–Kier alpha value is -0.570. The average Bonchev–Trinajstić information content (AvgIpc) is 2.24. The Morgan fingerprint density at radius 1 is 1.38 bits per heavy atom. The van der Waals surface area contributed by atoms with Crippen LogP contribution in [0.3, 0.4) is 0 Å². The maximum absolute atomic E-state index is 10.8. The molecule has 0 aromatic carbocycles. The van der Waals surface area contributed by atoms with Crippen LogP contribution in [-0.4, -0.2) is 21.8 Å². The second-order valence-corrected chi connectivity index (χ2v) is 5.68. The van der Waals surface area contributed by atoms with Crippen molar-refractivity contribution >= 4 is 5.97 Å². The molecule has 92 valence electrons. The molecule has 2 aliphatic rings. The van der Waals surface area contributed by atoms with Crippen molar-refractivity contribution in [1.29, 1.82) is 0 Å². The molecule has 0 spiro atoms. The van der Waals surface area contributed by atoms with Crippen LogP contribution in [0.4, 0.5) is 0 Å². The molecule has 2 atom stereocenters. The molecule has 0 bridgehead atoms. The maximum atomic E-state index is 10.8. The normalized spacial score (nSPS) is 43.8. The van der Waals surface area contributed by atoms with E-state index in [1.54, 1.807) is 0 Å². The molecule has 2 fully saturated rings. The van der Waals surface area contributed by atoms with Gasteiger partial charge in [0.25, 0.3) is 0 Å². The van der Waals surface area contributed by atoms with Gasteiger partial charge in [-0.05, 0) is 37.5 Å². The molecule has 0 saturated heterocycles. The Kier molecular flexibility index (Phi) is 3.24. The zero-order valence-electron chi connectivity index (χ0n) is 9.98. The highest BCUT2D eigenvalue weighted by molar-refractivity contribution is 5.71. The van der Waals surface area contributed by atoms with Crippen molar-refractivity contribution in [1.82, 2.24) is 0 Å². The average molecular weight is 226 g/mol. The minimum atomic E-state index is -0.743. The zero-order chi connectivity index (χ0) is 11.8. The molecule has 0 aromatic rings. The van der Waals surface area contributed by atoms with Gasteiger partial charge in [0, 0.05) is 0 Å². The fraction of sp³-hybridized carbons (Fsp3) is 0.923.